The molecule has 1 aromatic carbocycles. The topological polar surface area (TPSA) is 103 Å². The van der Waals surface area contributed by atoms with Crippen molar-refractivity contribution in [1.29, 1.82) is 0 Å². The Hall–Kier alpha value is -3.46. The minimum absolute atomic E-state index is 0.0326. The molecule has 152 valence electrons. The Labute approximate surface area is 175 Å². The van der Waals surface area contributed by atoms with Crippen molar-refractivity contribution in [2.45, 2.75) is 17.3 Å². The van der Waals surface area contributed by atoms with Crippen LogP contribution < -0.4 is 15.1 Å². The Morgan fingerprint density at radius 3 is 2.67 bits per heavy atom. The number of carbonyl (C=O) groups is 2. The molecule has 1 aliphatic heterocycles. The van der Waals surface area contributed by atoms with Gasteiger partial charge < -0.3 is 14.1 Å². The summed E-state index contributed by atoms with van der Waals surface area (Å²) < 4.78 is 10.6. The molecule has 3 heterocycles. The number of thioether (sulfide) groups is 1. The molecule has 3 aromatic rings. The lowest BCUT2D eigenvalue weighted by molar-refractivity contribution is -0.139. The second-order valence-electron chi connectivity index (χ2n) is 6.56. The van der Waals surface area contributed by atoms with Crippen molar-refractivity contribution in [1.82, 2.24) is 9.97 Å². The minimum Gasteiger partial charge on any atom is -0.464 e. The number of rotatable bonds is 6. The van der Waals surface area contributed by atoms with Crippen LogP contribution in [0.15, 0.2) is 75.5 Å². The Kier molecular flexibility index (Phi) is 5.89. The number of carbonyl (C=O) groups excluding carboxylic acids is 2. The van der Waals surface area contributed by atoms with Gasteiger partial charge in [0, 0.05) is 37.1 Å². The van der Waals surface area contributed by atoms with Crippen molar-refractivity contribution in [3.63, 3.8) is 0 Å². The summed E-state index contributed by atoms with van der Waals surface area (Å²) in [5, 5.41) is 0.560. The Morgan fingerprint density at radius 1 is 1.17 bits per heavy atom. The maximum Gasteiger partial charge on any atom is 0.316 e. The zero-order chi connectivity index (χ0) is 20.9. The van der Waals surface area contributed by atoms with Crippen molar-refractivity contribution in [3.8, 4) is 5.75 Å². The smallest absolute Gasteiger partial charge is 0.316 e. The van der Waals surface area contributed by atoms with Crippen LogP contribution >= 0.6 is 11.8 Å². The lowest BCUT2D eigenvalue weighted by atomic mass is 10.1. The first-order valence-electron chi connectivity index (χ1n) is 9.19. The van der Waals surface area contributed by atoms with E-state index in [1.54, 1.807) is 35.5 Å². The van der Waals surface area contributed by atoms with Crippen LogP contribution in [-0.2, 0) is 15.3 Å². The van der Waals surface area contributed by atoms with Gasteiger partial charge in [0.15, 0.2) is 5.16 Å². The summed E-state index contributed by atoms with van der Waals surface area (Å²) in [7, 11) is 0. The van der Waals surface area contributed by atoms with Crippen LogP contribution in [0.3, 0.4) is 0 Å². The van der Waals surface area contributed by atoms with E-state index in [4.69, 9.17) is 9.15 Å². The molecule has 1 amide bonds. The quantitative estimate of drug-likeness (QED) is 0.339. The number of para-hydroxylation sites is 1. The third-order valence-electron chi connectivity index (χ3n) is 4.47. The third kappa shape index (κ3) is 4.57. The number of aromatic nitrogens is 2. The number of hydrogen-bond donors (Lipinski definition) is 0. The van der Waals surface area contributed by atoms with Crippen molar-refractivity contribution in [2.24, 2.45) is 5.92 Å². The molecule has 8 nitrogen and oxygen atoms in total. The van der Waals surface area contributed by atoms with E-state index in [1.165, 1.54) is 17.8 Å². The molecule has 0 unspecified atom stereocenters. The fourth-order valence-electron chi connectivity index (χ4n) is 3.00. The molecule has 0 radical (unpaired) electrons. The fraction of sp³-hybridized carbons (Fsp3) is 0.190. The van der Waals surface area contributed by atoms with Gasteiger partial charge in [-0.05, 0) is 18.2 Å². The summed E-state index contributed by atoms with van der Waals surface area (Å²) in [5.74, 6) is -0.877. The molecule has 9 heteroatoms. The molecule has 4 rings (SSSR count). The first-order chi connectivity index (χ1) is 14.6. The standard InChI is InChI=1S/C21H17N3O5S/c25-17-10-16(13-30-21-22-7-4-8-23-21)28-12-18(17)29-20(27)14-9-19(26)24(11-14)15-5-2-1-3-6-15/h1-8,10,12,14H,9,11,13H2/t14-/m1/s1. The highest BCUT2D eigenvalue weighted by molar-refractivity contribution is 7.98. The molecule has 0 N–H and O–H groups in total. The van der Waals surface area contributed by atoms with Crippen molar-refractivity contribution >= 4 is 29.3 Å². The van der Waals surface area contributed by atoms with Crippen LogP contribution in [-0.4, -0.2) is 28.4 Å². The molecule has 1 aliphatic rings. The predicted octanol–water partition coefficient (Wildman–Crippen LogP) is 2.68. The van der Waals surface area contributed by atoms with E-state index < -0.39 is 17.3 Å². The van der Waals surface area contributed by atoms with Gasteiger partial charge in [-0.2, -0.15) is 0 Å². The predicted molar refractivity (Wildman–Crippen MR) is 109 cm³/mol. The van der Waals surface area contributed by atoms with Crippen LogP contribution in [0.25, 0.3) is 0 Å². The minimum atomic E-state index is -0.650. The van der Waals surface area contributed by atoms with Gasteiger partial charge in [-0.1, -0.05) is 30.0 Å². The van der Waals surface area contributed by atoms with E-state index in [0.29, 0.717) is 16.7 Å². The molecule has 0 spiro atoms. The summed E-state index contributed by atoms with van der Waals surface area (Å²) in [4.78, 5) is 46.8. The molecule has 2 aromatic heterocycles. The van der Waals surface area contributed by atoms with Gasteiger partial charge in [0.2, 0.25) is 17.1 Å². The van der Waals surface area contributed by atoms with Crippen molar-refractivity contribution < 1.29 is 18.7 Å². The Morgan fingerprint density at radius 2 is 1.93 bits per heavy atom. The molecular formula is C21H17N3O5S. The SMILES string of the molecule is O=C(Oc1coc(CSc2ncccn2)cc1=O)[C@@H]1CC(=O)N(c2ccccc2)C1. The van der Waals surface area contributed by atoms with Gasteiger partial charge in [-0.3, -0.25) is 14.4 Å². The van der Waals surface area contributed by atoms with Crippen LogP contribution in [0.5, 0.6) is 5.75 Å². The number of hydrogen-bond acceptors (Lipinski definition) is 8. The molecule has 0 saturated carbocycles. The van der Waals surface area contributed by atoms with E-state index in [1.807, 2.05) is 18.2 Å². The lowest BCUT2D eigenvalue weighted by Crippen LogP contribution is -2.28. The summed E-state index contributed by atoms with van der Waals surface area (Å²) in [6, 6.07) is 12.1. The number of amides is 1. The van der Waals surface area contributed by atoms with Gasteiger partial charge in [-0.25, -0.2) is 9.97 Å². The number of esters is 1. The van der Waals surface area contributed by atoms with Crippen molar-refractivity contribution in [2.75, 3.05) is 11.4 Å². The molecule has 0 aliphatic carbocycles. The zero-order valence-corrected chi connectivity index (χ0v) is 16.6. The molecule has 30 heavy (non-hydrogen) atoms. The van der Waals surface area contributed by atoms with E-state index in [-0.39, 0.29) is 24.6 Å². The zero-order valence-electron chi connectivity index (χ0n) is 15.8. The van der Waals surface area contributed by atoms with Crippen LogP contribution in [0.2, 0.25) is 0 Å². The van der Waals surface area contributed by atoms with E-state index in [2.05, 4.69) is 9.97 Å². The molecular weight excluding hydrogens is 406 g/mol. The van der Waals surface area contributed by atoms with Crippen LogP contribution in [0.4, 0.5) is 5.69 Å². The van der Waals surface area contributed by atoms with E-state index in [0.717, 1.165) is 12.0 Å². The summed E-state index contributed by atoms with van der Waals surface area (Å²) in [6.45, 7) is 0.207. The maximum absolute atomic E-state index is 12.5. The van der Waals surface area contributed by atoms with Gasteiger partial charge in [0.05, 0.1) is 11.7 Å². The monoisotopic (exact) mass is 423 g/mol. The van der Waals surface area contributed by atoms with Crippen LogP contribution in [0.1, 0.15) is 12.2 Å². The second-order valence-corrected chi connectivity index (χ2v) is 7.50. The number of anilines is 1. The molecule has 0 bridgehead atoms. The maximum atomic E-state index is 12.5. The Balaban J connectivity index is 1.37. The van der Waals surface area contributed by atoms with Gasteiger partial charge >= 0.3 is 5.97 Å². The second kappa shape index (κ2) is 8.91. The molecule has 1 atom stereocenters. The summed E-state index contributed by atoms with van der Waals surface area (Å²) >= 11 is 1.32. The average Bonchev–Trinajstić information content (AvgIpc) is 3.17. The highest BCUT2D eigenvalue weighted by Gasteiger charge is 2.36. The van der Waals surface area contributed by atoms with Gasteiger partial charge in [0.1, 0.15) is 12.0 Å². The van der Waals surface area contributed by atoms with Crippen LogP contribution in [0, 0.1) is 5.92 Å². The third-order valence-corrected chi connectivity index (χ3v) is 5.37. The largest absolute Gasteiger partial charge is 0.464 e. The van der Waals surface area contributed by atoms with E-state index in [9.17, 15) is 14.4 Å². The number of benzene rings is 1. The number of ether oxygens (including phenoxy) is 1. The lowest BCUT2D eigenvalue weighted by Gasteiger charge is -2.16. The molecule has 1 fully saturated rings. The fourth-order valence-corrected chi connectivity index (χ4v) is 3.69. The summed E-state index contributed by atoms with van der Waals surface area (Å²) in [6.07, 6.45) is 4.40. The van der Waals surface area contributed by atoms with Gasteiger partial charge in [0.25, 0.3) is 0 Å². The number of nitrogens with zero attached hydrogens (tertiary/aromatic N) is 3. The first kappa shape index (κ1) is 19.8. The Bertz CT molecular complexity index is 1100. The first-order valence-corrected chi connectivity index (χ1v) is 10.2. The molecule has 1 saturated heterocycles. The highest BCUT2D eigenvalue weighted by Crippen LogP contribution is 2.26. The highest BCUT2D eigenvalue weighted by atomic mass is 32.2. The normalized spacial score (nSPS) is 15.9. The van der Waals surface area contributed by atoms with E-state index >= 15 is 0 Å². The van der Waals surface area contributed by atoms with Gasteiger partial charge in [-0.15, -0.1) is 0 Å². The summed E-state index contributed by atoms with van der Waals surface area (Å²) in [5.41, 5.74) is 0.255. The van der Waals surface area contributed by atoms with Crippen molar-refractivity contribution in [3.05, 3.63) is 77.1 Å². The average molecular weight is 423 g/mol.